The molecule has 3 nitrogen and oxygen atoms in total. The van der Waals surface area contributed by atoms with Crippen LogP contribution in [0, 0.1) is 0 Å². The summed E-state index contributed by atoms with van der Waals surface area (Å²) in [6.45, 7) is 5.12. The summed E-state index contributed by atoms with van der Waals surface area (Å²) in [4.78, 5) is 11.3. The molecule has 0 aliphatic carbocycles. The van der Waals surface area contributed by atoms with Crippen molar-refractivity contribution in [1.29, 1.82) is 0 Å². The first-order valence-corrected chi connectivity index (χ1v) is 5.41. The largest absolute Gasteiger partial charge is 0.479 e. The topological polar surface area (TPSA) is 46.5 Å². The van der Waals surface area contributed by atoms with Crippen LogP contribution in [0.5, 0.6) is 0 Å². The van der Waals surface area contributed by atoms with Crippen LogP contribution in [0.3, 0.4) is 0 Å². The summed E-state index contributed by atoms with van der Waals surface area (Å²) >= 11 is 5.84. The third kappa shape index (κ3) is 2.74. The van der Waals surface area contributed by atoms with Crippen molar-refractivity contribution in [2.24, 2.45) is 0 Å². The Morgan fingerprint density at radius 1 is 1.50 bits per heavy atom. The highest BCUT2D eigenvalue weighted by atomic mass is 35.5. The molecule has 1 atom stereocenters. The second-order valence-electron chi connectivity index (χ2n) is 4.02. The molecule has 0 amide bonds. The molecule has 16 heavy (non-hydrogen) atoms. The van der Waals surface area contributed by atoms with Gasteiger partial charge in [-0.2, -0.15) is 0 Å². The minimum absolute atomic E-state index is 0.180. The van der Waals surface area contributed by atoms with Crippen molar-refractivity contribution in [3.8, 4) is 0 Å². The summed E-state index contributed by atoms with van der Waals surface area (Å²) < 4.78 is 5.48. The van der Waals surface area contributed by atoms with E-state index in [9.17, 15) is 9.90 Å². The Balaban J connectivity index is 3.16. The number of aliphatic carboxylic acids is 1. The molecule has 0 aliphatic heterocycles. The molecule has 0 bridgehead atoms. The van der Waals surface area contributed by atoms with Crippen LogP contribution in [-0.2, 0) is 15.1 Å². The van der Waals surface area contributed by atoms with Crippen LogP contribution >= 0.6 is 11.6 Å². The van der Waals surface area contributed by atoms with E-state index in [4.69, 9.17) is 16.3 Å². The van der Waals surface area contributed by atoms with Crippen LogP contribution in [0.4, 0.5) is 0 Å². The number of halogens is 1. The van der Waals surface area contributed by atoms with E-state index in [1.807, 2.05) is 0 Å². The lowest BCUT2D eigenvalue weighted by Gasteiger charge is -2.28. The number of benzene rings is 1. The summed E-state index contributed by atoms with van der Waals surface area (Å²) in [5.41, 5.74) is -0.819. The number of hydrogen-bond donors (Lipinski definition) is 1. The fraction of sp³-hybridized carbons (Fsp3) is 0.417. The smallest absolute Gasteiger partial charge is 0.340 e. The molecule has 1 unspecified atom stereocenters. The maximum atomic E-state index is 11.3. The minimum atomic E-state index is -1.36. The zero-order valence-corrected chi connectivity index (χ0v) is 10.3. The Labute approximate surface area is 100.0 Å². The Hall–Kier alpha value is -1.06. The van der Waals surface area contributed by atoms with Gasteiger partial charge in [0, 0.05) is 5.02 Å². The van der Waals surface area contributed by atoms with Crippen molar-refractivity contribution in [2.45, 2.75) is 32.5 Å². The van der Waals surface area contributed by atoms with E-state index in [0.29, 0.717) is 10.6 Å². The maximum Gasteiger partial charge on any atom is 0.340 e. The Morgan fingerprint density at radius 2 is 2.12 bits per heavy atom. The van der Waals surface area contributed by atoms with Crippen molar-refractivity contribution >= 4 is 17.6 Å². The molecule has 4 heteroatoms. The van der Waals surface area contributed by atoms with Gasteiger partial charge in [-0.3, -0.25) is 0 Å². The molecule has 1 aromatic rings. The fourth-order valence-corrected chi connectivity index (χ4v) is 1.69. The minimum Gasteiger partial charge on any atom is -0.479 e. The van der Waals surface area contributed by atoms with Crippen LogP contribution in [0.25, 0.3) is 0 Å². The van der Waals surface area contributed by atoms with E-state index in [0.717, 1.165) is 0 Å². The van der Waals surface area contributed by atoms with Crippen molar-refractivity contribution < 1.29 is 14.6 Å². The molecule has 0 spiro atoms. The monoisotopic (exact) mass is 242 g/mol. The van der Waals surface area contributed by atoms with Crippen molar-refractivity contribution in [3.05, 3.63) is 34.9 Å². The molecule has 1 aromatic carbocycles. The van der Waals surface area contributed by atoms with Crippen LogP contribution in [0.2, 0.25) is 5.02 Å². The summed E-state index contributed by atoms with van der Waals surface area (Å²) in [7, 11) is 0. The highest BCUT2D eigenvalue weighted by molar-refractivity contribution is 6.30. The number of rotatable bonds is 4. The number of carboxylic acids is 1. The molecule has 0 saturated carbocycles. The lowest BCUT2D eigenvalue weighted by atomic mass is 9.95. The van der Waals surface area contributed by atoms with Gasteiger partial charge in [0.15, 0.2) is 5.60 Å². The Kier molecular flexibility index (Phi) is 3.94. The predicted octanol–water partition coefficient (Wildman–Crippen LogP) is 3.06. The third-order valence-corrected chi connectivity index (χ3v) is 2.49. The van der Waals surface area contributed by atoms with E-state index in [-0.39, 0.29) is 6.10 Å². The van der Waals surface area contributed by atoms with Gasteiger partial charge in [-0.1, -0.05) is 23.7 Å². The van der Waals surface area contributed by atoms with E-state index in [1.165, 1.54) is 6.92 Å². The lowest BCUT2D eigenvalue weighted by Crippen LogP contribution is -2.37. The molecule has 0 radical (unpaired) electrons. The molecular weight excluding hydrogens is 228 g/mol. The van der Waals surface area contributed by atoms with E-state index < -0.39 is 11.6 Å². The van der Waals surface area contributed by atoms with Crippen molar-refractivity contribution in [1.82, 2.24) is 0 Å². The fourth-order valence-electron chi connectivity index (χ4n) is 1.50. The van der Waals surface area contributed by atoms with Crippen molar-refractivity contribution in [3.63, 3.8) is 0 Å². The standard InChI is InChI=1S/C12H15ClO3/c1-8(2)16-12(3,11(14)15)9-5-4-6-10(13)7-9/h4-8H,1-3H3,(H,14,15). The molecule has 1 rings (SSSR count). The summed E-state index contributed by atoms with van der Waals surface area (Å²) in [6, 6.07) is 6.71. The van der Waals surface area contributed by atoms with Gasteiger partial charge in [0.2, 0.25) is 0 Å². The molecule has 0 fully saturated rings. The van der Waals surface area contributed by atoms with Crippen LogP contribution in [-0.4, -0.2) is 17.2 Å². The number of carboxylic acid groups (broad SMARTS) is 1. The first-order chi connectivity index (χ1) is 7.36. The lowest BCUT2D eigenvalue weighted by molar-refractivity contribution is -0.170. The normalized spacial score (nSPS) is 14.8. The zero-order valence-electron chi connectivity index (χ0n) is 9.53. The van der Waals surface area contributed by atoms with Gasteiger partial charge in [-0.15, -0.1) is 0 Å². The average molecular weight is 243 g/mol. The van der Waals surface area contributed by atoms with Gasteiger partial charge in [-0.05, 0) is 38.5 Å². The average Bonchev–Trinajstić information content (AvgIpc) is 2.16. The first kappa shape index (κ1) is 13.0. The molecule has 0 heterocycles. The van der Waals surface area contributed by atoms with Crippen LogP contribution in [0.1, 0.15) is 26.3 Å². The molecule has 0 saturated heterocycles. The number of hydrogen-bond acceptors (Lipinski definition) is 2. The number of carbonyl (C=O) groups is 1. The highest BCUT2D eigenvalue weighted by Gasteiger charge is 2.37. The Morgan fingerprint density at radius 3 is 2.56 bits per heavy atom. The second kappa shape index (κ2) is 4.85. The van der Waals surface area contributed by atoms with Crippen LogP contribution in [0.15, 0.2) is 24.3 Å². The molecule has 88 valence electrons. The molecular formula is C12H15ClO3. The van der Waals surface area contributed by atoms with Crippen molar-refractivity contribution in [2.75, 3.05) is 0 Å². The summed E-state index contributed by atoms with van der Waals surface area (Å²) in [5, 5.41) is 9.76. The van der Waals surface area contributed by atoms with Gasteiger partial charge in [-0.25, -0.2) is 4.79 Å². The first-order valence-electron chi connectivity index (χ1n) is 5.03. The molecule has 0 aromatic heterocycles. The van der Waals surface area contributed by atoms with Gasteiger partial charge in [0.05, 0.1) is 6.10 Å². The molecule has 0 aliphatic rings. The van der Waals surface area contributed by atoms with Crippen LogP contribution < -0.4 is 0 Å². The molecule has 1 N–H and O–H groups in total. The SMILES string of the molecule is CC(C)OC(C)(C(=O)O)c1cccc(Cl)c1. The second-order valence-corrected chi connectivity index (χ2v) is 4.45. The third-order valence-electron chi connectivity index (χ3n) is 2.25. The van der Waals surface area contributed by atoms with Gasteiger partial charge < -0.3 is 9.84 Å². The van der Waals surface area contributed by atoms with Gasteiger partial charge in [0.1, 0.15) is 0 Å². The maximum absolute atomic E-state index is 11.3. The van der Waals surface area contributed by atoms with Gasteiger partial charge in [0.25, 0.3) is 0 Å². The predicted molar refractivity (Wildman–Crippen MR) is 62.7 cm³/mol. The van der Waals surface area contributed by atoms with E-state index in [2.05, 4.69) is 0 Å². The summed E-state index contributed by atoms with van der Waals surface area (Å²) in [6.07, 6.45) is -0.180. The van der Waals surface area contributed by atoms with Gasteiger partial charge >= 0.3 is 5.97 Å². The Bertz CT molecular complexity index is 390. The highest BCUT2D eigenvalue weighted by Crippen LogP contribution is 2.29. The van der Waals surface area contributed by atoms with E-state index >= 15 is 0 Å². The zero-order chi connectivity index (χ0) is 12.3. The summed E-state index contributed by atoms with van der Waals surface area (Å²) in [5.74, 6) is -1.02. The van der Waals surface area contributed by atoms with E-state index in [1.54, 1.807) is 38.1 Å². The number of ether oxygens (including phenoxy) is 1. The quantitative estimate of drug-likeness (QED) is 0.883.